The van der Waals surface area contributed by atoms with Crippen LogP contribution in [-0.2, 0) is 19.6 Å². The molecular weight excluding hydrogens is 326 g/mol. The third-order valence-corrected chi connectivity index (χ3v) is 4.54. The van der Waals surface area contributed by atoms with E-state index in [9.17, 15) is 4.79 Å². The number of carbonyl (C=O) groups is 1. The highest BCUT2D eigenvalue weighted by Gasteiger charge is 2.27. The van der Waals surface area contributed by atoms with Crippen molar-refractivity contribution < 1.29 is 13.9 Å². The number of aromatic nitrogens is 2. The molecule has 6 nitrogen and oxygen atoms in total. The van der Waals surface area contributed by atoms with Crippen molar-refractivity contribution in [1.82, 2.24) is 14.9 Å². The molecule has 0 radical (unpaired) electrons. The van der Waals surface area contributed by atoms with Crippen molar-refractivity contribution in [2.75, 3.05) is 6.54 Å². The number of nitrogens with zero attached hydrogens (tertiary/aromatic N) is 3. The fraction of sp³-hybridized carbons (Fsp3) is 0.235. The zero-order valence-corrected chi connectivity index (χ0v) is 13.7. The number of amides is 1. The lowest BCUT2D eigenvalue weighted by Crippen LogP contribution is -2.35. The largest absolute Gasteiger partial charge is 0.484 e. The molecule has 0 saturated carbocycles. The third kappa shape index (κ3) is 3.03. The van der Waals surface area contributed by atoms with Gasteiger partial charge in [0.25, 0.3) is 5.91 Å². The molecule has 1 amide bonds. The van der Waals surface area contributed by atoms with Crippen LogP contribution in [0.1, 0.15) is 27.1 Å². The average molecular weight is 341 g/mol. The number of oxazole rings is 1. The van der Waals surface area contributed by atoms with E-state index in [1.165, 1.54) is 11.3 Å². The first-order valence-corrected chi connectivity index (χ1v) is 8.51. The molecule has 1 aliphatic heterocycles. The monoisotopic (exact) mass is 341 g/mol. The predicted molar refractivity (Wildman–Crippen MR) is 87.8 cm³/mol. The summed E-state index contributed by atoms with van der Waals surface area (Å²) < 4.78 is 11.4. The molecule has 0 bridgehead atoms. The van der Waals surface area contributed by atoms with Gasteiger partial charge in [0.05, 0.1) is 12.2 Å². The molecule has 3 heterocycles. The molecule has 122 valence electrons. The van der Waals surface area contributed by atoms with Gasteiger partial charge in [0.1, 0.15) is 11.5 Å². The highest BCUT2D eigenvalue weighted by atomic mass is 32.1. The third-order valence-electron chi connectivity index (χ3n) is 3.78. The number of hydrogen-bond acceptors (Lipinski definition) is 6. The van der Waals surface area contributed by atoms with Crippen molar-refractivity contribution in [2.24, 2.45) is 0 Å². The Kier molecular flexibility index (Phi) is 4.00. The van der Waals surface area contributed by atoms with Crippen molar-refractivity contribution in [3.8, 4) is 5.75 Å². The van der Waals surface area contributed by atoms with Crippen molar-refractivity contribution in [2.45, 2.75) is 19.6 Å². The van der Waals surface area contributed by atoms with Crippen molar-refractivity contribution in [3.63, 3.8) is 0 Å². The SMILES string of the molecule is O=C(c1nccs1)N1CCc2nc(COc3ccccc3)oc2C1. The number of rotatable bonds is 4. The number of fused-ring (bicyclic) bond motifs is 1. The van der Waals surface area contributed by atoms with Crippen LogP contribution in [0, 0.1) is 0 Å². The predicted octanol–water partition coefficient (Wildman–Crippen LogP) is 2.91. The van der Waals surface area contributed by atoms with Crippen molar-refractivity contribution >= 4 is 17.2 Å². The van der Waals surface area contributed by atoms with Gasteiger partial charge in [-0.25, -0.2) is 9.97 Å². The fourth-order valence-corrected chi connectivity index (χ4v) is 3.21. The normalized spacial score (nSPS) is 13.6. The Bertz CT molecular complexity index is 830. The molecule has 1 aliphatic rings. The number of para-hydroxylation sites is 1. The van der Waals surface area contributed by atoms with Crippen LogP contribution in [0.5, 0.6) is 5.75 Å². The Labute approximate surface area is 142 Å². The summed E-state index contributed by atoms with van der Waals surface area (Å²) in [5.74, 6) is 1.98. The van der Waals surface area contributed by atoms with Crippen LogP contribution in [0.15, 0.2) is 46.3 Å². The first kappa shape index (κ1) is 14.9. The van der Waals surface area contributed by atoms with E-state index in [4.69, 9.17) is 9.15 Å². The minimum atomic E-state index is -0.0610. The Balaban J connectivity index is 1.43. The molecule has 0 aliphatic carbocycles. The molecule has 1 aromatic carbocycles. The van der Waals surface area contributed by atoms with E-state index >= 15 is 0 Å². The molecule has 7 heteroatoms. The first-order valence-electron chi connectivity index (χ1n) is 7.63. The molecule has 0 atom stereocenters. The Morgan fingerprint density at radius 1 is 1.33 bits per heavy atom. The van der Waals surface area contributed by atoms with Gasteiger partial charge in [-0.15, -0.1) is 11.3 Å². The van der Waals surface area contributed by atoms with Gasteiger partial charge in [-0.3, -0.25) is 4.79 Å². The highest BCUT2D eigenvalue weighted by Crippen LogP contribution is 2.22. The van der Waals surface area contributed by atoms with E-state index in [1.807, 2.05) is 30.3 Å². The van der Waals surface area contributed by atoms with E-state index in [-0.39, 0.29) is 12.5 Å². The zero-order chi connectivity index (χ0) is 16.4. The summed E-state index contributed by atoms with van der Waals surface area (Å²) in [7, 11) is 0. The van der Waals surface area contributed by atoms with E-state index in [2.05, 4.69) is 9.97 Å². The van der Waals surface area contributed by atoms with Gasteiger partial charge >= 0.3 is 0 Å². The summed E-state index contributed by atoms with van der Waals surface area (Å²) in [4.78, 5) is 22.7. The van der Waals surface area contributed by atoms with Gasteiger partial charge < -0.3 is 14.1 Å². The molecule has 3 aromatic rings. The number of hydrogen-bond donors (Lipinski definition) is 0. The summed E-state index contributed by atoms with van der Waals surface area (Å²) in [5, 5.41) is 2.31. The zero-order valence-electron chi connectivity index (χ0n) is 12.8. The summed E-state index contributed by atoms with van der Waals surface area (Å²) >= 11 is 1.35. The number of ether oxygens (including phenoxy) is 1. The van der Waals surface area contributed by atoms with Crippen LogP contribution in [0.2, 0.25) is 0 Å². The van der Waals surface area contributed by atoms with Crippen LogP contribution in [0.25, 0.3) is 0 Å². The summed E-state index contributed by atoms with van der Waals surface area (Å²) in [6.07, 6.45) is 2.32. The summed E-state index contributed by atoms with van der Waals surface area (Å²) in [5.41, 5.74) is 0.907. The minimum Gasteiger partial charge on any atom is -0.484 e. The van der Waals surface area contributed by atoms with E-state index < -0.39 is 0 Å². The van der Waals surface area contributed by atoms with Gasteiger partial charge in [0, 0.05) is 24.5 Å². The Morgan fingerprint density at radius 3 is 3.00 bits per heavy atom. The molecule has 4 rings (SSSR count). The topological polar surface area (TPSA) is 68.5 Å². The highest BCUT2D eigenvalue weighted by molar-refractivity contribution is 7.11. The first-order chi connectivity index (χ1) is 11.8. The van der Waals surface area contributed by atoms with Gasteiger partial charge in [0.15, 0.2) is 11.6 Å². The second-order valence-electron chi connectivity index (χ2n) is 5.39. The maximum atomic E-state index is 12.4. The van der Waals surface area contributed by atoms with Crippen LogP contribution >= 0.6 is 11.3 Å². The molecule has 24 heavy (non-hydrogen) atoms. The van der Waals surface area contributed by atoms with Crippen molar-refractivity contribution in [3.05, 3.63) is 64.3 Å². The lowest BCUT2D eigenvalue weighted by atomic mass is 10.1. The molecular formula is C17H15N3O3S. The van der Waals surface area contributed by atoms with Gasteiger partial charge in [0.2, 0.25) is 5.89 Å². The standard InChI is InChI=1S/C17H15N3O3S/c21-17(16-18-7-9-24-16)20-8-6-13-14(10-20)23-15(19-13)11-22-12-4-2-1-3-5-12/h1-5,7,9H,6,8,10-11H2. The van der Waals surface area contributed by atoms with Crippen LogP contribution in [0.4, 0.5) is 0 Å². The van der Waals surface area contributed by atoms with Crippen LogP contribution < -0.4 is 4.74 Å². The van der Waals surface area contributed by atoms with Crippen molar-refractivity contribution in [1.29, 1.82) is 0 Å². The lowest BCUT2D eigenvalue weighted by molar-refractivity contribution is 0.0718. The molecule has 0 spiro atoms. The van der Waals surface area contributed by atoms with Crippen LogP contribution in [0.3, 0.4) is 0 Å². The Hall–Kier alpha value is -2.67. The number of thiazole rings is 1. The quantitative estimate of drug-likeness (QED) is 0.730. The maximum Gasteiger partial charge on any atom is 0.283 e. The van der Waals surface area contributed by atoms with Gasteiger partial charge in [-0.2, -0.15) is 0 Å². The minimum absolute atomic E-state index is 0.0610. The van der Waals surface area contributed by atoms with E-state index in [1.54, 1.807) is 16.5 Å². The number of carbonyl (C=O) groups excluding carboxylic acids is 1. The molecule has 0 N–H and O–H groups in total. The van der Waals surface area contributed by atoms with Crippen LogP contribution in [-0.4, -0.2) is 27.3 Å². The van der Waals surface area contributed by atoms with E-state index in [0.29, 0.717) is 30.4 Å². The molecule has 0 unspecified atom stereocenters. The molecule has 2 aromatic heterocycles. The summed E-state index contributed by atoms with van der Waals surface area (Å²) in [6, 6.07) is 9.54. The van der Waals surface area contributed by atoms with Gasteiger partial charge in [-0.05, 0) is 12.1 Å². The lowest BCUT2D eigenvalue weighted by Gasteiger charge is -2.24. The maximum absolute atomic E-state index is 12.4. The average Bonchev–Trinajstić information content (AvgIpc) is 3.29. The molecule has 0 fully saturated rings. The fourth-order valence-electron chi connectivity index (χ4n) is 2.61. The second-order valence-corrected chi connectivity index (χ2v) is 6.29. The number of benzene rings is 1. The smallest absolute Gasteiger partial charge is 0.283 e. The van der Waals surface area contributed by atoms with Gasteiger partial charge in [-0.1, -0.05) is 18.2 Å². The summed E-state index contributed by atoms with van der Waals surface area (Å²) in [6.45, 7) is 1.32. The Morgan fingerprint density at radius 2 is 2.21 bits per heavy atom. The molecule has 0 saturated heterocycles. The van der Waals surface area contributed by atoms with E-state index in [0.717, 1.165) is 17.2 Å². The second kappa shape index (κ2) is 6.45.